The summed E-state index contributed by atoms with van der Waals surface area (Å²) in [6, 6.07) is 13.3. The van der Waals surface area contributed by atoms with Crippen LogP contribution in [0.5, 0.6) is 5.75 Å². The summed E-state index contributed by atoms with van der Waals surface area (Å²) in [5.74, 6) is 0.223. The smallest absolute Gasteiger partial charge is 0.251 e. The summed E-state index contributed by atoms with van der Waals surface area (Å²) in [6.45, 7) is 1.62. The van der Waals surface area contributed by atoms with Crippen molar-refractivity contribution in [2.45, 2.75) is 6.42 Å². The third kappa shape index (κ3) is 6.68. The quantitative estimate of drug-likeness (QED) is 0.488. The summed E-state index contributed by atoms with van der Waals surface area (Å²) < 4.78 is 17.9. The molecule has 3 N–H and O–H groups in total. The molecule has 0 atom stereocenters. The number of rotatable bonds is 8. The number of hydrogen-bond acceptors (Lipinski definition) is 3. The second-order valence-electron chi connectivity index (χ2n) is 5.54. The van der Waals surface area contributed by atoms with E-state index in [2.05, 4.69) is 16.0 Å². The highest BCUT2D eigenvalue weighted by Gasteiger charge is 2.04. The minimum Gasteiger partial charge on any atom is -0.497 e. The van der Waals surface area contributed by atoms with E-state index in [-0.39, 0.29) is 11.7 Å². The normalized spacial score (nSPS) is 10.1. The van der Waals surface area contributed by atoms with Crippen LogP contribution in [0.2, 0.25) is 0 Å². The maximum absolute atomic E-state index is 12.8. The fourth-order valence-corrected chi connectivity index (χ4v) is 2.43. The highest BCUT2D eigenvalue weighted by Crippen LogP contribution is 2.11. The van der Waals surface area contributed by atoms with E-state index in [0.29, 0.717) is 30.3 Å². The molecular formula is C19H22FN3O2S. The van der Waals surface area contributed by atoms with Crippen molar-refractivity contribution in [3.63, 3.8) is 0 Å². The van der Waals surface area contributed by atoms with E-state index in [1.165, 1.54) is 29.8 Å². The Labute approximate surface area is 157 Å². The molecule has 26 heavy (non-hydrogen) atoms. The fourth-order valence-electron chi connectivity index (χ4n) is 2.23. The molecule has 0 bridgehead atoms. The lowest BCUT2D eigenvalue weighted by atomic mass is 10.1. The molecule has 2 aromatic carbocycles. The van der Waals surface area contributed by atoms with Crippen molar-refractivity contribution in [3.05, 3.63) is 65.5 Å². The predicted octanol–water partition coefficient (Wildman–Crippen LogP) is 2.27. The first kappa shape index (κ1) is 19.7. The fraction of sp³-hybridized carbons (Fsp3) is 0.263. The summed E-state index contributed by atoms with van der Waals surface area (Å²) in [5.41, 5.74) is 1.61. The summed E-state index contributed by atoms with van der Waals surface area (Å²) in [7, 11) is 1.64. The van der Waals surface area contributed by atoms with Gasteiger partial charge in [0.2, 0.25) is 0 Å². The molecule has 0 saturated heterocycles. The highest BCUT2D eigenvalue weighted by atomic mass is 32.1. The van der Waals surface area contributed by atoms with Crippen LogP contribution in [0.3, 0.4) is 0 Å². The summed E-state index contributed by atoms with van der Waals surface area (Å²) in [4.78, 5) is 11.9. The molecule has 0 aliphatic rings. The van der Waals surface area contributed by atoms with Gasteiger partial charge in [-0.2, -0.15) is 0 Å². The lowest BCUT2D eigenvalue weighted by Crippen LogP contribution is -2.40. The number of thiocarbonyl (C=S) groups is 1. The van der Waals surface area contributed by atoms with Gasteiger partial charge < -0.3 is 20.7 Å². The third-order valence-electron chi connectivity index (χ3n) is 3.66. The molecule has 7 heteroatoms. The van der Waals surface area contributed by atoms with Gasteiger partial charge in [-0.15, -0.1) is 0 Å². The molecule has 2 rings (SSSR count). The number of hydrogen-bond donors (Lipinski definition) is 3. The number of ether oxygens (including phenoxy) is 1. The molecule has 5 nitrogen and oxygen atoms in total. The topological polar surface area (TPSA) is 62.4 Å². The second kappa shape index (κ2) is 10.4. The Hall–Kier alpha value is -2.67. The van der Waals surface area contributed by atoms with Crippen LogP contribution < -0.4 is 20.7 Å². The van der Waals surface area contributed by atoms with Crippen LogP contribution in [-0.2, 0) is 6.42 Å². The van der Waals surface area contributed by atoms with Crippen LogP contribution >= 0.6 is 12.2 Å². The average molecular weight is 375 g/mol. The van der Waals surface area contributed by atoms with Gasteiger partial charge in [0.15, 0.2) is 5.11 Å². The van der Waals surface area contributed by atoms with Crippen LogP contribution in [0.4, 0.5) is 4.39 Å². The van der Waals surface area contributed by atoms with Gasteiger partial charge in [0.25, 0.3) is 5.91 Å². The first-order chi connectivity index (χ1) is 12.6. The molecule has 0 fully saturated rings. The lowest BCUT2D eigenvalue weighted by Gasteiger charge is -2.11. The van der Waals surface area contributed by atoms with Gasteiger partial charge in [-0.25, -0.2) is 4.39 Å². The molecule has 138 valence electrons. The Morgan fingerprint density at radius 2 is 1.58 bits per heavy atom. The number of carbonyl (C=O) groups excluding carboxylic acids is 1. The van der Waals surface area contributed by atoms with Crippen LogP contribution in [0.25, 0.3) is 0 Å². The number of amides is 1. The number of nitrogens with one attached hydrogen (secondary N) is 3. The van der Waals surface area contributed by atoms with E-state index < -0.39 is 0 Å². The molecule has 0 spiro atoms. The van der Waals surface area contributed by atoms with Gasteiger partial charge in [-0.05, 0) is 60.6 Å². The number of benzene rings is 2. The van der Waals surface area contributed by atoms with Crippen molar-refractivity contribution in [2.75, 3.05) is 26.7 Å². The Kier molecular flexibility index (Phi) is 7.82. The van der Waals surface area contributed by atoms with Gasteiger partial charge in [-0.3, -0.25) is 4.79 Å². The Bertz CT molecular complexity index is 721. The molecule has 0 radical (unpaired) electrons. The van der Waals surface area contributed by atoms with Crippen molar-refractivity contribution in [1.82, 2.24) is 16.0 Å². The standard InChI is InChI=1S/C19H22FN3O2S/c1-25-17-8-2-14(3-9-17)10-11-22-19(26)23-13-12-21-18(24)15-4-6-16(20)7-5-15/h2-9H,10-13H2,1H3,(H,21,24)(H2,22,23,26). The lowest BCUT2D eigenvalue weighted by molar-refractivity contribution is 0.0954. The minimum atomic E-state index is -0.366. The first-order valence-corrected chi connectivity index (χ1v) is 8.67. The van der Waals surface area contributed by atoms with Gasteiger partial charge in [0.05, 0.1) is 7.11 Å². The minimum absolute atomic E-state index is 0.245. The van der Waals surface area contributed by atoms with E-state index in [4.69, 9.17) is 17.0 Å². The van der Waals surface area contributed by atoms with Crippen molar-refractivity contribution < 1.29 is 13.9 Å². The molecule has 0 aliphatic carbocycles. The number of methoxy groups -OCH3 is 1. The molecule has 0 aromatic heterocycles. The zero-order chi connectivity index (χ0) is 18.8. The van der Waals surface area contributed by atoms with Gasteiger partial charge in [0, 0.05) is 25.2 Å². The predicted molar refractivity (Wildman–Crippen MR) is 104 cm³/mol. The number of carbonyl (C=O) groups is 1. The van der Waals surface area contributed by atoms with Crippen molar-refractivity contribution in [1.29, 1.82) is 0 Å². The van der Waals surface area contributed by atoms with Gasteiger partial charge in [-0.1, -0.05) is 12.1 Å². The van der Waals surface area contributed by atoms with Gasteiger partial charge in [0.1, 0.15) is 11.6 Å². The zero-order valence-corrected chi connectivity index (χ0v) is 15.4. The monoisotopic (exact) mass is 375 g/mol. The maximum atomic E-state index is 12.8. The maximum Gasteiger partial charge on any atom is 0.251 e. The van der Waals surface area contributed by atoms with Crippen LogP contribution in [0.1, 0.15) is 15.9 Å². The van der Waals surface area contributed by atoms with Crippen LogP contribution in [-0.4, -0.2) is 37.8 Å². The third-order valence-corrected chi connectivity index (χ3v) is 3.95. The van der Waals surface area contributed by atoms with Crippen molar-refractivity contribution in [3.8, 4) is 5.75 Å². The Balaban J connectivity index is 1.58. The van der Waals surface area contributed by atoms with Crippen LogP contribution in [0, 0.1) is 5.82 Å². The van der Waals surface area contributed by atoms with E-state index in [1.54, 1.807) is 7.11 Å². The SMILES string of the molecule is COc1ccc(CCNC(=S)NCCNC(=O)c2ccc(F)cc2)cc1. The molecule has 0 heterocycles. The Morgan fingerprint density at radius 1 is 0.962 bits per heavy atom. The molecule has 2 aromatic rings. The van der Waals surface area contributed by atoms with Crippen LogP contribution in [0.15, 0.2) is 48.5 Å². The highest BCUT2D eigenvalue weighted by molar-refractivity contribution is 7.80. The van der Waals surface area contributed by atoms with E-state index in [1.807, 2.05) is 24.3 Å². The Morgan fingerprint density at radius 3 is 2.23 bits per heavy atom. The molecule has 0 aliphatic heterocycles. The van der Waals surface area contributed by atoms with E-state index in [0.717, 1.165) is 12.2 Å². The first-order valence-electron chi connectivity index (χ1n) is 8.27. The summed E-state index contributed by atoms with van der Waals surface area (Å²) >= 11 is 5.20. The second-order valence-corrected chi connectivity index (χ2v) is 5.95. The molecule has 0 unspecified atom stereocenters. The largest absolute Gasteiger partial charge is 0.497 e. The number of halogens is 1. The van der Waals surface area contributed by atoms with Crippen molar-refractivity contribution in [2.24, 2.45) is 0 Å². The summed E-state index contributed by atoms with van der Waals surface area (Å²) in [6.07, 6.45) is 0.840. The molecular weight excluding hydrogens is 353 g/mol. The average Bonchev–Trinajstić information content (AvgIpc) is 2.66. The van der Waals surface area contributed by atoms with E-state index >= 15 is 0 Å². The zero-order valence-electron chi connectivity index (χ0n) is 14.5. The summed E-state index contributed by atoms with van der Waals surface area (Å²) in [5, 5.41) is 9.43. The van der Waals surface area contributed by atoms with Crippen molar-refractivity contribution >= 4 is 23.2 Å². The van der Waals surface area contributed by atoms with E-state index in [9.17, 15) is 9.18 Å². The molecule has 1 amide bonds. The van der Waals surface area contributed by atoms with Gasteiger partial charge >= 0.3 is 0 Å². The molecule has 0 saturated carbocycles.